The van der Waals surface area contributed by atoms with Crippen LogP contribution in [0.2, 0.25) is 0 Å². The molecule has 1 aliphatic carbocycles. The topological polar surface area (TPSA) is 12.9 Å². The van der Waals surface area contributed by atoms with E-state index in [1.807, 2.05) is 12.3 Å². The number of nitrogens with zero attached hydrogens (tertiary/aromatic N) is 1. The van der Waals surface area contributed by atoms with E-state index in [2.05, 4.69) is 86.3 Å². The van der Waals surface area contributed by atoms with Crippen LogP contribution in [0.5, 0.6) is 0 Å². The van der Waals surface area contributed by atoms with E-state index in [9.17, 15) is 0 Å². The van der Waals surface area contributed by atoms with Gasteiger partial charge in [-0.1, -0.05) is 92.8 Å². The van der Waals surface area contributed by atoms with Gasteiger partial charge in [0.1, 0.15) is 0 Å². The number of hydrogen-bond acceptors (Lipinski definition) is 1. The molecule has 0 saturated carbocycles. The third-order valence-corrected chi connectivity index (χ3v) is 5.48. The molecule has 0 saturated heterocycles. The van der Waals surface area contributed by atoms with E-state index in [0.717, 1.165) is 31.2 Å². The number of allylic oxidation sites excluding steroid dienone is 7. The molecule has 1 aromatic heterocycles. The van der Waals surface area contributed by atoms with E-state index < -0.39 is 0 Å². The Morgan fingerprint density at radius 3 is 2.66 bits per heavy atom. The zero-order valence-electron chi connectivity index (χ0n) is 17.1. The van der Waals surface area contributed by atoms with Crippen molar-refractivity contribution in [2.24, 2.45) is 0 Å². The first-order valence-corrected chi connectivity index (χ1v) is 10.5. The summed E-state index contributed by atoms with van der Waals surface area (Å²) in [5.74, 6) is 0. The van der Waals surface area contributed by atoms with Gasteiger partial charge in [-0.2, -0.15) is 0 Å². The summed E-state index contributed by atoms with van der Waals surface area (Å²) in [6.45, 7) is 6.21. The Bertz CT molecular complexity index is 1110. The van der Waals surface area contributed by atoms with Crippen LogP contribution in [0.1, 0.15) is 37.3 Å². The van der Waals surface area contributed by atoms with Crippen LogP contribution in [-0.2, 0) is 6.42 Å². The summed E-state index contributed by atoms with van der Waals surface area (Å²) in [4.78, 5) is 4.84. The molecular weight excluding hydrogens is 350 g/mol. The number of aryl methyl sites for hydroxylation is 1. The molecule has 1 heterocycles. The number of benzene rings is 2. The fraction of sp³-hybridized carbons (Fsp3) is 0.179. The van der Waals surface area contributed by atoms with Crippen molar-refractivity contribution < 1.29 is 0 Å². The molecule has 4 rings (SSSR count). The molecule has 1 heteroatoms. The molecule has 0 bridgehead atoms. The fourth-order valence-corrected chi connectivity index (χ4v) is 4.17. The Morgan fingerprint density at radius 2 is 1.93 bits per heavy atom. The van der Waals surface area contributed by atoms with Crippen molar-refractivity contribution >= 4 is 16.5 Å². The molecule has 29 heavy (non-hydrogen) atoms. The van der Waals surface area contributed by atoms with Gasteiger partial charge in [0, 0.05) is 11.6 Å². The molecule has 1 aliphatic rings. The smallest absolute Gasteiger partial charge is 0.0746 e. The van der Waals surface area contributed by atoms with Crippen molar-refractivity contribution in [1.82, 2.24) is 4.98 Å². The average molecular weight is 378 g/mol. The van der Waals surface area contributed by atoms with E-state index in [4.69, 9.17) is 4.98 Å². The van der Waals surface area contributed by atoms with E-state index >= 15 is 0 Å². The standard InChI is InChI=1S/C28H27N/c1-3-11-23(21-13-7-5-8-14-21)25-17-18-27-24(22-15-9-6-10-16-22)19-20-29-28(27)26(25)12-4-2/h3,6-7,9-11,13-20H,1,4-5,8,12H2,2H3/b23-11-. The third-order valence-electron chi connectivity index (χ3n) is 5.48. The molecule has 1 nitrogen and oxygen atoms in total. The minimum atomic E-state index is 1.00. The summed E-state index contributed by atoms with van der Waals surface area (Å²) in [6, 6.07) is 17.2. The van der Waals surface area contributed by atoms with Crippen molar-refractivity contribution in [3.63, 3.8) is 0 Å². The van der Waals surface area contributed by atoms with Gasteiger partial charge in [0.2, 0.25) is 0 Å². The van der Waals surface area contributed by atoms with Gasteiger partial charge in [0.15, 0.2) is 0 Å². The van der Waals surface area contributed by atoms with Gasteiger partial charge in [-0.05, 0) is 58.7 Å². The molecular formula is C28H27N. The highest BCUT2D eigenvalue weighted by atomic mass is 14.7. The van der Waals surface area contributed by atoms with Gasteiger partial charge >= 0.3 is 0 Å². The monoisotopic (exact) mass is 377 g/mol. The molecule has 2 aromatic carbocycles. The van der Waals surface area contributed by atoms with Gasteiger partial charge in [0.25, 0.3) is 0 Å². The Balaban J connectivity index is 1.95. The first kappa shape index (κ1) is 19.1. The minimum absolute atomic E-state index is 1.00. The average Bonchev–Trinajstić information content (AvgIpc) is 2.79. The number of fused-ring (bicyclic) bond motifs is 1. The number of rotatable bonds is 6. The first-order chi connectivity index (χ1) is 14.3. The first-order valence-electron chi connectivity index (χ1n) is 10.5. The minimum Gasteiger partial charge on any atom is -0.256 e. The summed E-state index contributed by atoms with van der Waals surface area (Å²) >= 11 is 0. The molecule has 0 aliphatic heterocycles. The fourth-order valence-electron chi connectivity index (χ4n) is 4.17. The Morgan fingerprint density at radius 1 is 1.07 bits per heavy atom. The van der Waals surface area contributed by atoms with Crippen LogP contribution in [0.15, 0.2) is 97.3 Å². The molecule has 3 aromatic rings. The zero-order chi connectivity index (χ0) is 20.1. The van der Waals surface area contributed by atoms with Crippen molar-refractivity contribution in [2.75, 3.05) is 0 Å². The largest absolute Gasteiger partial charge is 0.256 e. The lowest BCUT2D eigenvalue weighted by Gasteiger charge is -2.18. The van der Waals surface area contributed by atoms with Crippen LogP contribution in [0.25, 0.3) is 27.6 Å². The highest BCUT2D eigenvalue weighted by molar-refractivity contribution is 5.99. The summed E-state index contributed by atoms with van der Waals surface area (Å²) in [5, 5.41) is 1.22. The quantitative estimate of drug-likeness (QED) is 0.401. The lowest BCUT2D eigenvalue weighted by atomic mass is 9.87. The second kappa shape index (κ2) is 8.87. The SMILES string of the molecule is C=C/C=C(/C1=CCCC=C1)c1ccc2c(-c3ccccc3)ccnc2c1CCC. The maximum atomic E-state index is 4.84. The maximum Gasteiger partial charge on any atom is 0.0746 e. The van der Waals surface area contributed by atoms with Crippen LogP contribution in [0, 0.1) is 0 Å². The van der Waals surface area contributed by atoms with Crippen LogP contribution >= 0.6 is 0 Å². The van der Waals surface area contributed by atoms with E-state index in [1.54, 1.807) is 0 Å². The van der Waals surface area contributed by atoms with E-state index in [1.165, 1.54) is 38.8 Å². The van der Waals surface area contributed by atoms with Crippen molar-refractivity contribution in [3.8, 4) is 11.1 Å². The summed E-state index contributed by atoms with van der Waals surface area (Å²) < 4.78 is 0. The van der Waals surface area contributed by atoms with Gasteiger partial charge in [0.05, 0.1) is 5.52 Å². The Labute approximate surface area is 173 Å². The number of pyridine rings is 1. The van der Waals surface area contributed by atoms with Crippen LogP contribution in [0.4, 0.5) is 0 Å². The highest BCUT2D eigenvalue weighted by Crippen LogP contribution is 2.36. The van der Waals surface area contributed by atoms with Crippen molar-refractivity contribution in [2.45, 2.75) is 32.6 Å². The van der Waals surface area contributed by atoms with Gasteiger partial charge < -0.3 is 0 Å². The predicted octanol–water partition coefficient (Wildman–Crippen LogP) is 7.70. The van der Waals surface area contributed by atoms with E-state index in [-0.39, 0.29) is 0 Å². The number of aromatic nitrogens is 1. The summed E-state index contributed by atoms with van der Waals surface area (Å²) in [5.41, 5.74) is 8.72. The van der Waals surface area contributed by atoms with Crippen LogP contribution < -0.4 is 0 Å². The maximum absolute atomic E-state index is 4.84. The van der Waals surface area contributed by atoms with Crippen LogP contribution in [0.3, 0.4) is 0 Å². The molecule has 0 unspecified atom stereocenters. The number of hydrogen-bond donors (Lipinski definition) is 0. The Kier molecular flexibility index (Phi) is 5.86. The zero-order valence-corrected chi connectivity index (χ0v) is 17.1. The second-order valence-electron chi connectivity index (χ2n) is 7.42. The molecule has 144 valence electrons. The molecule has 0 N–H and O–H groups in total. The van der Waals surface area contributed by atoms with Crippen LogP contribution in [-0.4, -0.2) is 4.98 Å². The normalized spacial score (nSPS) is 14.1. The molecule has 0 radical (unpaired) electrons. The van der Waals surface area contributed by atoms with E-state index in [0.29, 0.717) is 0 Å². The van der Waals surface area contributed by atoms with Crippen molar-refractivity contribution in [3.05, 3.63) is 108 Å². The lowest BCUT2D eigenvalue weighted by molar-refractivity contribution is 0.923. The third kappa shape index (κ3) is 3.86. The van der Waals surface area contributed by atoms with Crippen molar-refractivity contribution in [1.29, 1.82) is 0 Å². The lowest BCUT2D eigenvalue weighted by Crippen LogP contribution is -2.00. The summed E-state index contributed by atoms with van der Waals surface area (Å²) in [7, 11) is 0. The second-order valence-corrected chi connectivity index (χ2v) is 7.42. The molecule has 0 atom stereocenters. The van der Waals surface area contributed by atoms with Gasteiger partial charge in [-0.25, -0.2) is 0 Å². The molecule has 0 amide bonds. The predicted molar refractivity (Wildman–Crippen MR) is 126 cm³/mol. The van der Waals surface area contributed by atoms with Gasteiger partial charge in [-0.15, -0.1) is 0 Å². The summed E-state index contributed by atoms with van der Waals surface area (Å²) in [6.07, 6.45) is 17.1. The molecule has 0 fully saturated rings. The van der Waals surface area contributed by atoms with Gasteiger partial charge in [-0.3, -0.25) is 4.98 Å². The Hall–Kier alpha value is -3.19. The highest BCUT2D eigenvalue weighted by Gasteiger charge is 2.16. The molecule has 0 spiro atoms.